The van der Waals surface area contributed by atoms with Crippen LogP contribution in [0.5, 0.6) is 0 Å². The van der Waals surface area contributed by atoms with E-state index in [0.717, 1.165) is 11.3 Å². The molecule has 21 heavy (non-hydrogen) atoms. The lowest BCUT2D eigenvalue weighted by atomic mass is 9.92. The highest BCUT2D eigenvalue weighted by atomic mass is 19.1. The van der Waals surface area contributed by atoms with Gasteiger partial charge in [0.15, 0.2) is 0 Å². The number of hydrogen-bond donors (Lipinski definition) is 1. The predicted octanol–water partition coefficient (Wildman–Crippen LogP) is 3.07. The van der Waals surface area contributed by atoms with Crippen LogP contribution in [0.3, 0.4) is 0 Å². The maximum Gasteiger partial charge on any atom is 0.228 e. The van der Waals surface area contributed by atoms with Gasteiger partial charge < -0.3 is 5.32 Å². The van der Waals surface area contributed by atoms with Gasteiger partial charge >= 0.3 is 0 Å². The highest BCUT2D eigenvalue weighted by molar-refractivity contribution is 5.84. The first-order valence-electron chi connectivity index (χ1n) is 7.02. The van der Waals surface area contributed by atoms with E-state index in [1.807, 2.05) is 32.0 Å². The molecule has 1 atom stereocenters. The molecule has 0 aliphatic heterocycles. The fraction of sp³-hybridized carbons (Fsp3) is 0.294. The van der Waals surface area contributed by atoms with Gasteiger partial charge in [0, 0.05) is 24.4 Å². The van der Waals surface area contributed by atoms with Crippen molar-refractivity contribution >= 4 is 5.91 Å². The molecule has 0 bridgehead atoms. The normalized spacial score (nSPS) is 12.2. The van der Waals surface area contributed by atoms with Crippen LogP contribution in [0, 0.1) is 5.82 Å². The Kier molecular flexibility index (Phi) is 5.04. The number of aromatic nitrogens is 1. The van der Waals surface area contributed by atoms with Crippen LogP contribution in [0.2, 0.25) is 0 Å². The van der Waals surface area contributed by atoms with Crippen LogP contribution in [-0.2, 0) is 11.2 Å². The minimum absolute atomic E-state index is 0.0594. The van der Waals surface area contributed by atoms with Gasteiger partial charge in [-0.25, -0.2) is 4.39 Å². The Labute approximate surface area is 124 Å². The Hall–Kier alpha value is -2.23. The molecule has 0 fully saturated rings. The van der Waals surface area contributed by atoms with Gasteiger partial charge in [0.2, 0.25) is 5.91 Å². The summed E-state index contributed by atoms with van der Waals surface area (Å²) in [6.45, 7) is 3.83. The number of nitrogens with one attached hydrogen (secondary N) is 1. The minimum Gasteiger partial charge on any atom is -0.353 e. The molecule has 0 spiro atoms. The fourth-order valence-corrected chi connectivity index (χ4v) is 2.17. The summed E-state index contributed by atoms with van der Waals surface area (Å²) in [5.74, 6) is -0.746. The number of carbonyl (C=O) groups is 1. The molecule has 1 amide bonds. The number of pyridine rings is 1. The van der Waals surface area contributed by atoms with Crippen LogP contribution in [0.25, 0.3) is 0 Å². The first kappa shape index (κ1) is 15.2. The molecule has 0 aliphatic carbocycles. The summed E-state index contributed by atoms with van der Waals surface area (Å²) in [6, 6.07) is 11.7. The maximum absolute atomic E-state index is 13.1. The van der Waals surface area contributed by atoms with E-state index in [1.165, 1.54) is 12.1 Å². The Morgan fingerprint density at radius 3 is 2.48 bits per heavy atom. The van der Waals surface area contributed by atoms with Crippen molar-refractivity contribution in [2.24, 2.45) is 0 Å². The Morgan fingerprint density at radius 1 is 1.19 bits per heavy atom. The van der Waals surface area contributed by atoms with Crippen molar-refractivity contribution in [1.82, 2.24) is 10.3 Å². The molecule has 0 radical (unpaired) electrons. The third kappa shape index (κ3) is 4.38. The molecule has 2 rings (SSSR count). The summed E-state index contributed by atoms with van der Waals surface area (Å²) in [6.07, 6.45) is 2.20. The number of hydrogen-bond acceptors (Lipinski definition) is 2. The van der Waals surface area contributed by atoms with Crippen LogP contribution in [-0.4, -0.2) is 16.9 Å². The number of carbonyl (C=O) groups excluding carboxylic acids is 1. The zero-order valence-corrected chi connectivity index (χ0v) is 12.2. The Morgan fingerprint density at radius 2 is 1.90 bits per heavy atom. The van der Waals surface area contributed by atoms with Crippen molar-refractivity contribution in [2.45, 2.75) is 32.2 Å². The molecule has 110 valence electrons. The van der Waals surface area contributed by atoms with Gasteiger partial charge in [0.1, 0.15) is 5.82 Å². The molecule has 0 saturated heterocycles. The van der Waals surface area contributed by atoms with Crippen LogP contribution >= 0.6 is 0 Å². The van der Waals surface area contributed by atoms with Gasteiger partial charge in [0.05, 0.1) is 5.92 Å². The smallest absolute Gasteiger partial charge is 0.228 e. The van der Waals surface area contributed by atoms with Crippen molar-refractivity contribution in [3.63, 3.8) is 0 Å². The summed E-state index contributed by atoms with van der Waals surface area (Å²) >= 11 is 0. The molecular weight excluding hydrogens is 267 g/mol. The number of amides is 1. The minimum atomic E-state index is -0.372. The molecule has 3 nitrogen and oxygen atoms in total. The average Bonchev–Trinajstić information content (AvgIpc) is 2.46. The van der Waals surface area contributed by atoms with Crippen LogP contribution in [0.4, 0.5) is 4.39 Å². The summed E-state index contributed by atoms with van der Waals surface area (Å²) in [5.41, 5.74) is 1.63. The molecule has 1 unspecified atom stereocenters. The van der Waals surface area contributed by atoms with Crippen molar-refractivity contribution in [1.29, 1.82) is 0 Å². The summed E-state index contributed by atoms with van der Waals surface area (Å²) in [5, 5.41) is 2.92. The number of rotatable bonds is 5. The summed E-state index contributed by atoms with van der Waals surface area (Å²) in [4.78, 5) is 16.7. The zero-order chi connectivity index (χ0) is 15.2. The lowest BCUT2D eigenvalue weighted by Crippen LogP contribution is -2.35. The first-order valence-corrected chi connectivity index (χ1v) is 7.02. The van der Waals surface area contributed by atoms with Crippen LogP contribution in [0.1, 0.15) is 31.0 Å². The SMILES string of the molecule is CC(C)NC(=O)C(Cc1ccccn1)c1ccc(F)cc1. The topological polar surface area (TPSA) is 42.0 Å². The second kappa shape index (κ2) is 6.97. The van der Waals surface area contributed by atoms with E-state index in [1.54, 1.807) is 18.3 Å². The molecule has 1 heterocycles. The highest BCUT2D eigenvalue weighted by Crippen LogP contribution is 2.21. The zero-order valence-electron chi connectivity index (χ0n) is 12.2. The largest absolute Gasteiger partial charge is 0.353 e. The van der Waals surface area contributed by atoms with Crippen molar-refractivity contribution < 1.29 is 9.18 Å². The predicted molar refractivity (Wildman–Crippen MR) is 80.4 cm³/mol. The quantitative estimate of drug-likeness (QED) is 0.918. The van der Waals surface area contributed by atoms with Crippen molar-refractivity contribution in [2.75, 3.05) is 0 Å². The van der Waals surface area contributed by atoms with Gasteiger partial charge in [-0.15, -0.1) is 0 Å². The van der Waals surface area contributed by atoms with Gasteiger partial charge in [-0.1, -0.05) is 18.2 Å². The van der Waals surface area contributed by atoms with E-state index in [2.05, 4.69) is 10.3 Å². The Bertz CT molecular complexity index is 581. The number of benzene rings is 1. The molecule has 0 saturated carbocycles. The van der Waals surface area contributed by atoms with E-state index in [9.17, 15) is 9.18 Å². The van der Waals surface area contributed by atoms with E-state index in [0.29, 0.717) is 6.42 Å². The number of halogens is 1. The first-order chi connectivity index (χ1) is 10.1. The lowest BCUT2D eigenvalue weighted by molar-refractivity contribution is -0.123. The van der Waals surface area contributed by atoms with Gasteiger partial charge in [0.25, 0.3) is 0 Å². The summed E-state index contributed by atoms with van der Waals surface area (Å²) in [7, 11) is 0. The standard InChI is InChI=1S/C17H19FN2O/c1-12(2)20-17(21)16(11-15-5-3-4-10-19-15)13-6-8-14(18)9-7-13/h3-10,12,16H,11H2,1-2H3,(H,20,21). The molecule has 1 aromatic carbocycles. The van der Waals surface area contributed by atoms with E-state index in [-0.39, 0.29) is 23.7 Å². The third-order valence-corrected chi connectivity index (χ3v) is 3.16. The lowest BCUT2D eigenvalue weighted by Gasteiger charge is -2.18. The average molecular weight is 286 g/mol. The van der Waals surface area contributed by atoms with Gasteiger partial charge in [-0.05, 0) is 43.7 Å². The molecule has 4 heteroatoms. The highest BCUT2D eigenvalue weighted by Gasteiger charge is 2.22. The molecule has 1 aromatic heterocycles. The second-order valence-electron chi connectivity index (χ2n) is 5.29. The Balaban J connectivity index is 2.25. The van der Waals surface area contributed by atoms with E-state index in [4.69, 9.17) is 0 Å². The van der Waals surface area contributed by atoms with Crippen molar-refractivity contribution in [3.8, 4) is 0 Å². The monoisotopic (exact) mass is 286 g/mol. The molecule has 0 aliphatic rings. The number of nitrogens with zero attached hydrogens (tertiary/aromatic N) is 1. The van der Waals surface area contributed by atoms with Crippen LogP contribution in [0.15, 0.2) is 48.7 Å². The van der Waals surface area contributed by atoms with Crippen LogP contribution < -0.4 is 5.32 Å². The molecular formula is C17H19FN2O. The molecule has 2 aromatic rings. The van der Waals surface area contributed by atoms with E-state index >= 15 is 0 Å². The second-order valence-corrected chi connectivity index (χ2v) is 5.29. The maximum atomic E-state index is 13.1. The fourth-order valence-electron chi connectivity index (χ4n) is 2.17. The third-order valence-electron chi connectivity index (χ3n) is 3.16. The van der Waals surface area contributed by atoms with Gasteiger partial charge in [-0.2, -0.15) is 0 Å². The summed E-state index contributed by atoms with van der Waals surface area (Å²) < 4.78 is 13.1. The van der Waals surface area contributed by atoms with Gasteiger partial charge in [-0.3, -0.25) is 9.78 Å². The molecule has 1 N–H and O–H groups in total. The van der Waals surface area contributed by atoms with Crippen molar-refractivity contribution in [3.05, 3.63) is 65.7 Å². The van der Waals surface area contributed by atoms with E-state index < -0.39 is 0 Å².